The van der Waals surface area contributed by atoms with E-state index in [1.54, 1.807) is 29.2 Å². The van der Waals surface area contributed by atoms with Crippen LogP contribution < -0.4 is 5.73 Å². The van der Waals surface area contributed by atoms with Gasteiger partial charge in [-0.15, -0.1) is 0 Å². The number of ether oxygens (including phenoxy) is 1. The van der Waals surface area contributed by atoms with Crippen molar-refractivity contribution in [3.63, 3.8) is 0 Å². The molecule has 2 aromatic heterocycles. The van der Waals surface area contributed by atoms with Crippen LogP contribution in [-0.2, 0) is 17.7 Å². The number of nitrogens with two attached hydrogens (primary N) is 1. The Kier molecular flexibility index (Phi) is 4.90. The Labute approximate surface area is 172 Å². The number of esters is 1. The summed E-state index contributed by atoms with van der Waals surface area (Å²) in [6.07, 6.45) is 1.92. The van der Waals surface area contributed by atoms with Gasteiger partial charge in [0.2, 0.25) is 0 Å². The molecule has 0 saturated heterocycles. The third-order valence-corrected chi connectivity index (χ3v) is 5.10. The summed E-state index contributed by atoms with van der Waals surface area (Å²) in [4.78, 5) is 31.2. The van der Waals surface area contributed by atoms with Crippen molar-refractivity contribution in [2.45, 2.75) is 13.0 Å². The average Bonchev–Trinajstić information content (AvgIpc) is 3.27. The molecule has 3 heterocycles. The second-order valence-corrected chi connectivity index (χ2v) is 6.78. The minimum Gasteiger partial charge on any atom is -0.464 e. The number of benzene rings is 1. The summed E-state index contributed by atoms with van der Waals surface area (Å²) >= 11 is 0. The van der Waals surface area contributed by atoms with E-state index in [1.807, 2.05) is 6.07 Å². The van der Waals surface area contributed by atoms with Crippen LogP contribution in [0.2, 0.25) is 0 Å². The minimum atomic E-state index is -0.622. The molecule has 1 aliphatic heterocycles. The first kappa shape index (κ1) is 19.1. The number of carbonyl (C=O) groups excluding carboxylic acids is 2. The standard InChI is InChI=1S/C21H18N6O3/c1-30-21(29)18-14(10-24-26-18)17-13(9-22)19(23)25-16-7-8-27(11-15(16)17)20(28)12-5-3-2-4-6-12/h2-6,10H,7-8,11H2,1H3,(H2,23,25)(H,24,26). The van der Waals surface area contributed by atoms with Crippen molar-refractivity contribution >= 4 is 17.7 Å². The Balaban J connectivity index is 1.84. The van der Waals surface area contributed by atoms with Crippen LogP contribution in [-0.4, -0.2) is 45.6 Å². The molecule has 3 aromatic rings. The quantitative estimate of drug-likeness (QED) is 0.638. The molecule has 0 spiro atoms. The van der Waals surface area contributed by atoms with Gasteiger partial charge in [0.15, 0.2) is 5.69 Å². The van der Waals surface area contributed by atoms with E-state index in [4.69, 9.17) is 10.5 Å². The third-order valence-electron chi connectivity index (χ3n) is 5.10. The number of aromatic nitrogens is 3. The van der Waals surface area contributed by atoms with Crippen molar-refractivity contribution in [1.82, 2.24) is 20.1 Å². The Morgan fingerprint density at radius 1 is 1.30 bits per heavy atom. The predicted molar refractivity (Wildman–Crippen MR) is 107 cm³/mol. The number of nitriles is 1. The fraction of sp³-hybridized carbons (Fsp3) is 0.190. The zero-order valence-electron chi connectivity index (χ0n) is 16.2. The van der Waals surface area contributed by atoms with E-state index < -0.39 is 5.97 Å². The number of fused-ring (bicyclic) bond motifs is 1. The highest BCUT2D eigenvalue weighted by atomic mass is 16.5. The zero-order valence-corrected chi connectivity index (χ0v) is 16.2. The summed E-state index contributed by atoms with van der Waals surface area (Å²) < 4.78 is 4.82. The molecule has 9 nitrogen and oxygen atoms in total. The molecule has 1 aliphatic rings. The summed E-state index contributed by atoms with van der Waals surface area (Å²) in [5.41, 5.74) is 9.05. The van der Waals surface area contributed by atoms with Gasteiger partial charge in [0, 0.05) is 41.8 Å². The molecule has 0 atom stereocenters. The van der Waals surface area contributed by atoms with Gasteiger partial charge in [-0.05, 0) is 12.1 Å². The highest BCUT2D eigenvalue weighted by Crippen LogP contribution is 2.36. The van der Waals surface area contributed by atoms with Crippen molar-refractivity contribution in [2.75, 3.05) is 19.4 Å². The summed E-state index contributed by atoms with van der Waals surface area (Å²) in [5.74, 6) is -0.669. The van der Waals surface area contributed by atoms with E-state index in [1.165, 1.54) is 13.3 Å². The van der Waals surface area contributed by atoms with E-state index in [-0.39, 0.29) is 29.5 Å². The van der Waals surface area contributed by atoms with Gasteiger partial charge in [-0.1, -0.05) is 18.2 Å². The normalized spacial score (nSPS) is 12.7. The summed E-state index contributed by atoms with van der Waals surface area (Å²) in [7, 11) is 1.26. The SMILES string of the molecule is COC(=O)c1[nH]ncc1-c1c(C#N)c(N)nc2c1CN(C(=O)c1ccccc1)CC2. The molecule has 9 heteroatoms. The van der Waals surface area contributed by atoms with Gasteiger partial charge in [0.1, 0.15) is 17.5 Å². The fourth-order valence-electron chi connectivity index (χ4n) is 3.66. The Morgan fingerprint density at radius 3 is 2.77 bits per heavy atom. The maximum atomic E-state index is 13.0. The van der Waals surface area contributed by atoms with Crippen LogP contribution in [0.15, 0.2) is 36.5 Å². The number of H-pyrrole nitrogens is 1. The van der Waals surface area contributed by atoms with Crippen molar-refractivity contribution in [2.24, 2.45) is 0 Å². The topological polar surface area (TPSA) is 138 Å². The molecule has 0 radical (unpaired) electrons. The molecule has 3 N–H and O–H groups in total. The van der Waals surface area contributed by atoms with Crippen molar-refractivity contribution in [1.29, 1.82) is 5.26 Å². The van der Waals surface area contributed by atoms with Crippen molar-refractivity contribution in [3.05, 3.63) is 64.6 Å². The van der Waals surface area contributed by atoms with E-state index in [9.17, 15) is 14.9 Å². The molecule has 0 saturated carbocycles. The lowest BCUT2D eigenvalue weighted by atomic mass is 9.91. The van der Waals surface area contributed by atoms with Crippen LogP contribution in [0, 0.1) is 11.3 Å². The molecular weight excluding hydrogens is 384 g/mol. The van der Waals surface area contributed by atoms with Gasteiger partial charge in [0.25, 0.3) is 5.91 Å². The monoisotopic (exact) mass is 402 g/mol. The van der Waals surface area contributed by atoms with Gasteiger partial charge in [-0.2, -0.15) is 10.4 Å². The van der Waals surface area contributed by atoms with Crippen molar-refractivity contribution < 1.29 is 14.3 Å². The van der Waals surface area contributed by atoms with Crippen molar-refractivity contribution in [3.8, 4) is 17.2 Å². The molecule has 150 valence electrons. The number of hydrogen-bond acceptors (Lipinski definition) is 7. The Hall–Kier alpha value is -4.19. The molecule has 1 aromatic carbocycles. The van der Waals surface area contributed by atoms with Gasteiger partial charge in [-0.25, -0.2) is 9.78 Å². The van der Waals surface area contributed by atoms with E-state index >= 15 is 0 Å². The largest absolute Gasteiger partial charge is 0.464 e. The zero-order chi connectivity index (χ0) is 21.3. The van der Waals surface area contributed by atoms with Crippen LogP contribution in [0.3, 0.4) is 0 Å². The van der Waals surface area contributed by atoms with E-state index in [0.29, 0.717) is 40.9 Å². The smallest absolute Gasteiger partial charge is 0.356 e. The average molecular weight is 402 g/mol. The van der Waals surface area contributed by atoms with Crippen LogP contribution in [0.5, 0.6) is 0 Å². The Morgan fingerprint density at radius 2 is 2.07 bits per heavy atom. The summed E-state index contributed by atoms with van der Waals surface area (Å²) in [6, 6.07) is 11.0. The third kappa shape index (κ3) is 3.14. The number of pyridine rings is 1. The Bertz CT molecular complexity index is 1180. The van der Waals surface area contributed by atoms with E-state index in [2.05, 4.69) is 21.3 Å². The first-order valence-electron chi connectivity index (χ1n) is 9.22. The predicted octanol–water partition coefficient (Wildman–Crippen LogP) is 1.91. The van der Waals surface area contributed by atoms with Crippen LogP contribution in [0.4, 0.5) is 5.82 Å². The molecule has 0 bridgehead atoms. The maximum absolute atomic E-state index is 13.0. The van der Waals surface area contributed by atoms with Crippen LogP contribution in [0.25, 0.3) is 11.1 Å². The number of nitrogen functional groups attached to an aromatic ring is 1. The second kappa shape index (κ2) is 7.67. The first-order valence-corrected chi connectivity index (χ1v) is 9.22. The molecule has 1 amide bonds. The number of nitrogens with one attached hydrogen (secondary N) is 1. The number of amides is 1. The first-order chi connectivity index (χ1) is 14.5. The lowest BCUT2D eigenvalue weighted by Gasteiger charge is -2.30. The molecule has 4 rings (SSSR count). The molecule has 0 fully saturated rings. The molecule has 0 aliphatic carbocycles. The lowest BCUT2D eigenvalue weighted by Crippen LogP contribution is -2.37. The summed E-state index contributed by atoms with van der Waals surface area (Å²) in [6.45, 7) is 0.694. The maximum Gasteiger partial charge on any atom is 0.356 e. The fourth-order valence-corrected chi connectivity index (χ4v) is 3.66. The van der Waals surface area contributed by atoms with E-state index in [0.717, 1.165) is 0 Å². The van der Waals surface area contributed by atoms with Crippen LogP contribution >= 0.6 is 0 Å². The number of hydrogen-bond donors (Lipinski definition) is 2. The molecule has 30 heavy (non-hydrogen) atoms. The summed E-state index contributed by atoms with van der Waals surface area (Å²) in [5, 5.41) is 16.3. The lowest BCUT2D eigenvalue weighted by molar-refractivity contribution is 0.0594. The number of aromatic amines is 1. The highest BCUT2D eigenvalue weighted by molar-refractivity contribution is 5.98. The second-order valence-electron chi connectivity index (χ2n) is 6.78. The number of nitrogens with zero attached hydrogens (tertiary/aromatic N) is 4. The van der Waals surface area contributed by atoms with Gasteiger partial charge in [0.05, 0.1) is 19.0 Å². The molecule has 0 unspecified atom stereocenters. The van der Waals surface area contributed by atoms with Crippen LogP contribution in [0.1, 0.15) is 37.7 Å². The number of methoxy groups -OCH3 is 1. The van der Waals surface area contributed by atoms with Gasteiger partial charge in [-0.3, -0.25) is 9.89 Å². The number of rotatable bonds is 3. The number of carbonyl (C=O) groups is 2. The highest BCUT2D eigenvalue weighted by Gasteiger charge is 2.30. The van der Waals surface area contributed by atoms with Gasteiger partial charge >= 0.3 is 5.97 Å². The number of anilines is 1. The van der Waals surface area contributed by atoms with Gasteiger partial charge < -0.3 is 15.4 Å². The minimum absolute atomic E-state index is 0.0751. The molecular formula is C21H18N6O3.